The van der Waals surface area contributed by atoms with Crippen LogP contribution in [0.2, 0.25) is 0 Å². The molecule has 0 saturated carbocycles. The number of ether oxygens (including phenoxy) is 2. The Bertz CT molecular complexity index is 1220. The number of methoxy groups -OCH3 is 2. The Labute approximate surface area is 195 Å². The van der Waals surface area contributed by atoms with E-state index in [2.05, 4.69) is 5.32 Å². The second-order valence-corrected chi connectivity index (χ2v) is 9.46. The van der Waals surface area contributed by atoms with E-state index in [-0.39, 0.29) is 23.7 Å². The van der Waals surface area contributed by atoms with Gasteiger partial charge in [-0.25, -0.2) is 8.42 Å². The number of amides is 1. The Balaban J connectivity index is 1.90. The Kier molecular flexibility index (Phi) is 7.60. The van der Waals surface area contributed by atoms with E-state index in [0.717, 1.165) is 21.0 Å². The molecule has 0 unspecified atom stereocenters. The third kappa shape index (κ3) is 5.84. The number of aryl methyl sites for hydroxylation is 2. The van der Waals surface area contributed by atoms with Crippen LogP contribution in [0.1, 0.15) is 16.7 Å². The Hall–Kier alpha value is -3.52. The van der Waals surface area contributed by atoms with Crippen LogP contribution in [0.3, 0.4) is 0 Å². The van der Waals surface area contributed by atoms with Gasteiger partial charge in [0.25, 0.3) is 10.0 Å². The van der Waals surface area contributed by atoms with Crippen molar-refractivity contribution in [2.24, 2.45) is 0 Å². The molecule has 3 aromatic carbocycles. The summed E-state index contributed by atoms with van der Waals surface area (Å²) in [5, 5.41) is 2.80. The van der Waals surface area contributed by atoms with Crippen LogP contribution in [0.5, 0.6) is 11.5 Å². The average Bonchev–Trinajstić information content (AvgIpc) is 2.81. The van der Waals surface area contributed by atoms with Crippen LogP contribution in [0.25, 0.3) is 0 Å². The second kappa shape index (κ2) is 10.4. The van der Waals surface area contributed by atoms with Gasteiger partial charge < -0.3 is 14.8 Å². The van der Waals surface area contributed by atoms with Gasteiger partial charge in [0.15, 0.2) is 0 Å². The lowest BCUT2D eigenvalue weighted by Crippen LogP contribution is -2.40. The van der Waals surface area contributed by atoms with Crippen LogP contribution in [-0.4, -0.2) is 35.1 Å². The van der Waals surface area contributed by atoms with Crippen LogP contribution in [0.4, 0.5) is 5.69 Å². The lowest BCUT2D eigenvalue weighted by molar-refractivity contribution is -0.119. The molecular weight excluding hydrogens is 440 g/mol. The number of rotatable bonds is 9. The van der Waals surface area contributed by atoms with Gasteiger partial charge in [-0.05, 0) is 66.9 Å². The summed E-state index contributed by atoms with van der Waals surface area (Å²) in [4.78, 5) is 12.8. The minimum absolute atomic E-state index is 0.00876. The number of anilines is 1. The maximum atomic E-state index is 13.7. The maximum absolute atomic E-state index is 13.7. The topological polar surface area (TPSA) is 84.9 Å². The predicted molar refractivity (Wildman–Crippen MR) is 128 cm³/mol. The van der Waals surface area contributed by atoms with E-state index in [1.54, 1.807) is 62.6 Å². The van der Waals surface area contributed by atoms with Gasteiger partial charge in [0, 0.05) is 6.54 Å². The first kappa shape index (κ1) is 24.1. The van der Waals surface area contributed by atoms with Crippen molar-refractivity contribution in [1.82, 2.24) is 5.32 Å². The van der Waals surface area contributed by atoms with Gasteiger partial charge in [-0.1, -0.05) is 30.3 Å². The lowest BCUT2D eigenvalue weighted by Gasteiger charge is -2.25. The molecule has 8 heteroatoms. The van der Waals surface area contributed by atoms with E-state index in [1.807, 2.05) is 25.1 Å². The van der Waals surface area contributed by atoms with Gasteiger partial charge in [0.2, 0.25) is 5.91 Å². The monoisotopic (exact) mass is 468 g/mol. The maximum Gasteiger partial charge on any atom is 0.268 e. The highest BCUT2D eigenvalue weighted by Crippen LogP contribution is 2.31. The van der Waals surface area contributed by atoms with Gasteiger partial charge in [-0.2, -0.15) is 0 Å². The zero-order valence-electron chi connectivity index (χ0n) is 19.2. The van der Waals surface area contributed by atoms with Crippen molar-refractivity contribution in [3.05, 3.63) is 83.4 Å². The van der Waals surface area contributed by atoms with Crippen LogP contribution >= 0.6 is 0 Å². The molecule has 0 aromatic heterocycles. The highest BCUT2D eigenvalue weighted by molar-refractivity contribution is 7.93. The standard InChI is InChI=1S/C25H28N2O5S/c1-18-6-5-7-21(14-18)27(33(29,30)24-15-19(2)8-13-23(24)32-4)17-25(28)26-16-20-9-11-22(31-3)12-10-20/h5-15H,16-17H2,1-4H3,(H,26,28). The molecule has 0 fully saturated rings. The zero-order chi connectivity index (χ0) is 24.0. The minimum Gasteiger partial charge on any atom is -0.497 e. The molecule has 0 spiro atoms. The molecule has 174 valence electrons. The molecule has 0 heterocycles. The fourth-order valence-electron chi connectivity index (χ4n) is 3.33. The van der Waals surface area contributed by atoms with Gasteiger partial charge >= 0.3 is 0 Å². The Morgan fingerprint density at radius 3 is 2.24 bits per heavy atom. The zero-order valence-corrected chi connectivity index (χ0v) is 20.0. The molecule has 0 aliphatic rings. The fraction of sp³-hybridized carbons (Fsp3) is 0.240. The van der Waals surface area contributed by atoms with Crippen molar-refractivity contribution >= 4 is 21.6 Å². The number of carbonyl (C=O) groups excluding carboxylic acids is 1. The van der Waals surface area contributed by atoms with E-state index in [1.165, 1.54) is 7.11 Å². The summed E-state index contributed by atoms with van der Waals surface area (Å²) in [6, 6.07) is 19.2. The molecule has 1 N–H and O–H groups in total. The summed E-state index contributed by atoms with van der Waals surface area (Å²) in [6.07, 6.45) is 0. The highest BCUT2D eigenvalue weighted by Gasteiger charge is 2.30. The summed E-state index contributed by atoms with van der Waals surface area (Å²) < 4.78 is 39.0. The van der Waals surface area contributed by atoms with Crippen molar-refractivity contribution in [3.8, 4) is 11.5 Å². The van der Waals surface area contributed by atoms with E-state index in [9.17, 15) is 13.2 Å². The van der Waals surface area contributed by atoms with Gasteiger partial charge in [-0.15, -0.1) is 0 Å². The Morgan fingerprint density at radius 1 is 0.909 bits per heavy atom. The van der Waals surface area contributed by atoms with Crippen LogP contribution in [0.15, 0.2) is 71.6 Å². The quantitative estimate of drug-likeness (QED) is 0.516. The molecule has 0 saturated heterocycles. The molecule has 3 aromatic rings. The van der Waals surface area contributed by atoms with Gasteiger partial charge in [0.05, 0.1) is 19.9 Å². The van der Waals surface area contributed by atoms with Crippen LogP contribution < -0.4 is 19.1 Å². The lowest BCUT2D eigenvalue weighted by atomic mass is 10.2. The summed E-state index contributed by atoms with van der Waals surface area (Å²) in [6.45, 7) is 3.56. The minimum atomic E-state index is -4.09. The number of hydrogen-bond donors (Lipinski definition) is 1. The number of sulfonamides is 1. The molecule has 0 atom stereocenters. The van der Waals surface area contributed by atoms with E-state index in [0.29, 0.717) is 11.4 Å². The van der Waals surface area contributed by atoms with E-state index >= 15 is 0 Å². The van der Waals surface area contributed by atoms with Crippen molar-refractivity contribution < 1.29 is 22.7 Å². The summed E-state index contributed by atoms with van der Waals surface area (Å²) in [7, 11) is -1.09. The predicted octanol–water partition coefficient (Wildman–Crippen LogP) is 3.83. The van der Waals surface area contributed by atoms with Crippen molar-refractivity contribution in [2.75, 3.05) is 25.1 Å². The van der Waals surface area contributed by atoms with Crippen molar-refractivity contribution in [1.29, 1.82) is 0 Å². The number of benzene rings is 3. The summed E-state index contributed by atoms with van der Waals surface area (Å²) in [5.74, 6) is 0.508. The normalized spacial score (nSPS) is 11.0. The van der Waals surface area contributed by atoms with Gasteiger partial charge in [0.1, 0.15) is 22.9 Å². The van der Waals surface area contributed by atoms with Crippen LogP contribution in [-0.2, 0) is 21.4 Å². The Morgan fingerprint density at radius 2 is 1.61 bits per heavy atom. The van der Waals surface area contributed by atoms with E-state index in [4.69, 9.17) is 9.47 Å². The number of carbonyl (C=O) groups is 1. The second-order valence-electron chi connectivity index (χ2n) is 7.63. The largest absolute Gasteiger partial charge is 0.497 e. The highest BCUT2D eigenvalue weighted by atomic mass is 32.2. The molecule has 33 heavy (non-hydrogen) atoms. The first-order valence-corrected chi connectivity index (χ1v) is 11.8. The van der Waals surface area contributed by atoms with Crippen molar-refractivity contribution in [3.63, 3.8) is 0 Å². The third-order valence-corrected chi connectivity index (χ3v) is 6.91. The molecule has 7 nitrogen and oxygen atoms in total. The molecule has 0 aliphatic heterocycles. The number of nitrogens with one attached hydrogen (secondary N) is 1. The average molecular weight is 469 g/mol. The fourth-order valence-corrected chi connectivity index (χ4v) is 4.99. The number of nitrogens with zero attached hydrogens (tertiary/aromatic N) is 1. The molecule has 0 aliphatic carbocycles. The SMILES string of the molecule is COc1ccc(CNC(=O)CN(c2cccc(C)c2)S(=O)(=O)c2cc(C)ccc2OC)cc1. The molecule has 0 radical (unpaired) electrons. The molecule has 1 amide bonds. The summed E-state index contributed by atoms with van der Waals surface area (Å²) in [5.41, 5.74) is 2.91. The van der Waals surface area contributed by atoms with Gasteiger partial charge in [-0.3, -0.25) is 9.10 Å². The van der Waals surface area contributed by atoms with E-state index < -0.39 is 15.9 Å². The van der Waals surface area contributed by atoms with Crippen molar-refractivity contribution in [2.45, 2.75) is 25.3 Å². The first-order chi connectivity index (χ1) is 15.7. The number of hydrogen-bond acceptors (Lipinski definition) is 5. The van der Waals surface area contributed by atoms with Crippen LogP contribution in [0, 0.1) is 13.8 Å². The third-order valence-electron chi connectivity index (χ3n) is 5.11. The molecule has 3 rings (SSSR count). The first-order valence-electron chi connectivity index (χ1n) is 10.4. The smallest absolute Gasteiger partial charge is 0.268 e. The molecule has 0 bridgehead atoms. The summed E-state index contributed by atoms with van der Waals surface area (Å²) >= 11 is 0. The molecular formula is C25H28N2O5S.